The standard InChI is InChI=1S/C16H14N4O3S/c1-12-11-24-16(19(12)10-15-6-3-7-23-15)18-17-9-13-4-2-5-14(8-13)20(21)22/h2-9,11H,10H2,1H3. The fourth-order valence-corrected chi connectivity index (χ4v) is 2.94. The number of hydrogen-bond donors (Lipinski definition) is 0. The molecule has 0 atom stereocenters. The molecule has 7 nitrogen and oxygen atoms in total. The third-order valence-corrected chi connectivity index (χ3v) is 4.29. The van der Waals surface area contributed by atoms with Crippen LogP contribution in [0.4, 0.5) is 5.69 Å². The molecule has 3 rings (SSSR count). The second-order valence-electron chi connectivity index (χ2n) is 5.02. The third-order valence-electron chi connectivity index (χ3n) is 3.32. The topological polar surface area (TPSA) is 85.9 Å². The Labute approximate surface area is 141 Å². The van der Waals surface area contributed by atoms with Crippen molar-refractivity contribution in [3.8, 4) is 0 Å². The number of thiazole rings is 1. The highest BCUT2D eigenvalue weighted by molar-refractivity contribution is 7.07. The van der Waals surface area contributed by atoms with E-state index in [-0.39, 0.29) is 5.69 Å². The molecule has 0 radical (unpaired) electrons. The van der Waals surface area contributed by atoms with E-state index in [1.54, 1.807) is 18.4 Å². The van der Waals surface area contributed by atoms with E-state index in [9.17, 15) is 10.1 Å². The summed E-state index contributed by atoms with van der Waals surface area (Å²) in [5, 5.41) is 21.0. The maximum absolute atomic E-state index is 10.8. The average molecular weight is 342 g/mol. The van der Waals surface area contributed by atoms with Crippen molar-refractivity contribution < 1.29 is 9.34 Å². The maximum atomic E-state index is 10.8. The molecule has 2 heterocycles. The molecule has 0 aliphatic carbocycles. The van der Waals surface area contributed by atoms with E-state index in [0.29, 0.717) is 12.1 Å². The predicted molar refractivity (Wildman–Crippen MR) is 91.1 cm³/mol. The summed E-state index contributed by atoms with van der Waals surface area (Å²) in [7, 11) is 0. The van der Waals surface area contributed by atoms with E-state index in [0.717, 1.165) is 16.3 Å². The fraction of sp³-hybridized carbons (Fsp3) is 0.125. The Morgan fingerprint density at radius 1 is 1.38 bits per heavy atom. The van der Waals surface area contributed by atoms with Gasteiger partial charge in [-0.05, 0) is 19.1 Å². The maximum Gasteiger partial charge on any atom is 0.270 e. The average Bonchev–Trinajstić information content (AvgIpc) is 3.20. The van der Waals surface area contributed by atoms with E-state index in [2.05, 4.69) is 10.2 Å². The van der Waals surface area contributed by atoms with Gasteiger partial charge in [-0.3, -0.25) is 10.1 Å². The van der Waals surface area contributed by atoms with Crippen molar-refractivity contribution in [2.45, 2.75) is 13.5 Å². The van der Waals surface area contributed by atoms with Crippen molar-refractivity contribution in [3.63, 3.8) is 0 Å². The second-order valence-corrected chi connectivity index (χ2v) is 5.86. The van der Waals surface area contributed by atoms with Crippen molar-refractivity contribution in [1.29, 1.82) is 0 Å². The number of aromatic nitrogens is 1. The van der Waals surface area contributed by atoms with Gasteiger partial charge >= 0.3 is 0 Å². The lowest BCUT2D eigenvalue weighted by atomic mass is 10.2. The lowest BCUT2D eigenvalue weighted by Crippen LogP contribution is -2.16. The number of hydrogen-bond acceptors (Lipinski definition) is 6. The van der Waals surface area contributed by atoms with Crippen molar-refractivity contribution in [2.24, 2.45) is 10.2 Å². The highest BCUT2D eigenvalue weighted by Gasteiger charge is 2.05. The van der Waals surface area contributed by atoms with Gasteiger partial charge in [0.1, 0.15) is 5.76 Å². The molecule has 0 amide bonds. The number of benzene rings is 1. The third kappa shape index (κ3) is 3.66. The van der Waals surface area contributed by atoms with Crippen LogP contribution in [0.5, 0.6) is 0 Å². The van der Waals surface area contributed by atoms with E-state index in [1.165, 1.54) is 29.7 Å². The van der Waals surface area contributed by atoms with Crippen LogP contribution < -0.4 is 4.80 Å². The fourth-order valence-electron chi connectivity index (χ4n) is 2.11. The number of rotatable bonds is 5. The minimum Gasteiger partial charge on any atom is -0.467 e. The Balaban J connectivity index is 1.84. The molecule has 1 aromatic carbocycles. The number of aryl methyl sites for hydroxylation is 1. The summed E-state index contributed by atoms with van der Waals surface area (Å²) >= 11 is 1.47. The SMILES string of the molecule is Cc1csc(=NN=Cc2cccc([N+](=O)[O-])c2)n1Cc1ccco1. The molecule has 0 bridgehead atoms. The Morgan fingerprint density at radius 2 is 2.25 bits per heavy atom. The molecule has 3 aromatic rings. The van der Waals surface area contributed by atoms with Crippen LogP contribution in [-0.4, -0.2) is 15.7 Å². The molecular formula is C16H14N4O3S. The predicted octanol–water partition coefficient (Wildman–Crippen LogP) is 3.34. The number of non-ortho nitro benzene ring substituents is 1. The lowest BCUT2D eigenvalue weighted by Gasteiger charge is -2.02. The van der Waals surface area contributed by atoms with Crippen LogP contribution in [0.1, 0.15) is 17.0 Å². The highest BCUT2D eigenvalue weighted by Crippen LogP contribution is 2.11. The zero-order valence-corrected chi connectivity index (χ0v) is 13.6. The van der Waals surface area contributed by atoms with Gasteiger partial charge < -0.3 is 8.98 Å². The summed E-state index contributed by atoms with van der Waals surface area (Å²) < 4.78 is 7.36. The molecule has 0 unspecified atom stereocenters. The monoisotopic (exact) mass is 342 g/mol. The van der Waals surface area contributed by atoms with E-state index >= 15 is 0 Å². The smallest absolute Gasteiger partial charge is 0.270 e. The summed E-state index contributed by atoms with van der Waals surface area (Å²) in [6.07, 6.45) is 3.13. The first kappa shape index (κ1) is 15.9. The molecule has 0 spiro atoms. The molecule has 8 heteroatoms. The number of nitro benzene ring substituents is 1. The summed E-state index contributed by atoms with van der Waals surface area (Å²) in [6, 6.07) is 9.99. The molecule has 24 heavy (non-hydrogen) atoms. The molecule has 2 aromatic heterocycles. The summed E-state index contributed by atoms with van der Waals surface area (Å²) in [5.41, 5.74) is 1.71. The van der Waals surface area contributed by atoms with Crippen molar-refractivity contribution in [3.05, 3.63) is 80.0 Å². The molecule has 0 saturated carbocycles. The van der Waals surface area contributed by atoms with Crippen molar-refractivity contribution in [1.82, 2.24) is 4.57 Å². The van der Waals surface area contributed by atoms with Crippen LogP contribution >= 0.6 is 11.3 Å². The lowest BCUT2D eigenvalue weighted by molar-refractivity contribution is -0.384. The molecule has 122 valence electrons. The van der Waals surface area contributed by atoms with Gasteiger partial charge in [0.2, 0.25) is 4.80 Å². The summed E-state index contributed by atoms with van der Waals surface area (Å²) in [5.74, 6) is 0.834. The number of nitro groups is 1. The second kappa shape index (κ2) is 7.05. The summed E-state index contributed by atoms with van der Waals surface area (Å²) in [6.45, 7) is 2.57. The van der Waals surface area contributed by atoms with E-state index in [1.807, 2.05) is 29.0 Å². The zero-order chi connectivity index (χ0) is 16.9. The van der Waals surface area contributed by atoms with Crippen LogP contribution in [0.15, 0.2) is 62.7 Å². The summed E-state index contributed by atoms with van der Waals surface area (Å²) in [4.78, 5) is 11.1. The normalized spacial score (nSPS) is 12.1. The van der Waals surface area contributed by atoms with E-state index < -0.39 is 4.92 Å². The number of nitrogens with zero attached hydrogens (tertiary/aromatic N) is 4. The van der Waals surface area contributed by atoms with Gasteiger partial charge in [0.15, 0.2) is 0 Å². The van der Waals surface area contributed by atoms with Gasteiger partial charge in [-0.15, -0.1) is 16.4 Å². The van der Waals surface area contributed by atoms with Crippen molar-refractivity contribution in [2.75, 3.05) is 0 Å². The quantitative estimate of drug-likeness (QED) is 0.405. The Morgan fingerprint density at radius 3 is 3.00 bits per heavy atom. The van der Waals surface area contributed by atoms with Gasteiger partial charge in [-0.2, -0.15) is 5.10 Å². The van der Waals surface area contributed by atoms with Crippen molar-refractivity contribution >= 4 is 23.2 Å². The molecule has 0 aliphatic rings. The largest absolute Gasteiger partial charge is 0.467 e. The van der Waals surface area contributed by atoms with Gasteiger partial charge in [-0.25, -0.2) is 0 Å². The molecule has 0 aliphatic heterocycles. The van der Waals surface area contributed by atoms with Gasteiger partial charge in [0, 0.05) is 28.8 Å². The minimum absolute atomic E-state index is 0.0267. The molecule has 0 N–H and O–H groups in total. The molecule has 0 saturated heterocycles. The first-order valence-corrected chi connectivity index (χ1v) is 8.00. The van der Waals surface area contributed by atoms with Crippen LogP contribution in [0.2, 0.25) is 0 Å². The van der Waals surface area contributed by atoms with Gasteiger partial charge in [0.05, 0.1) is 23.9 Å². The Hall–Kier alpha value is -3.00. The molecule has 0 fully saturated rings. The Bertz CT molecular complexity index is 938. The van der Waals surface area contributed by atoms with Crippen LogP contribution in [0.3, 0.4) is 0 Å². The van der Waals surface area contributed by atoms with Crippen LogP contribution in [0, 0.1) is 17.0 Å². The van der Waals surface area contributed by atoms with E-state index in [4.69, 9.17) is 4.42 Å². The first-order chi connectivity index (χ1) is 11.6. The first-order valence-electron chi connectivity index (χ1n) is 7.12. The van der Waals surface area contributed by atoms with Gasteiger partial charge in [0.25, 0.3) is 5.69 Å². The number of furan rings is 1. The van der Waals surface area contributed by atoms with Crippen LogP contribution in [0.25, 0.3) is 0 Å². The minimum atomic E-state index is -0.436. The van der Waals surface area contributed by atoms with Gasteiger partial charge in [-0.1, -0.05) is 12.1 Å². The molecular weight excluding hydrogens is 328 g/mol. The Kier molecular flexibility index (Phi) is 4.66. The van der Waals surface area contributed by atoms with Crippen LogP contribution in [-0.2, 0) is 6.54 Å². The zero-order valence-electron chi connectivity index (χ0n) is 12.8. The highest BCUT2D eigenvalue weighted by atomic mass is 32.1.